The van der Waals surface area contributed by atoms with Crippen molar-refractivity contribution in [1.82, 2.24) is 15.1 Å². The Bertz CT molecular complexity index is 837. The fourth-order valence-corrected chi connectivity index (χ4v) is 3.58. The van der Waals surface area contributed by atoms with Crippen molar-refractivity contribution in [2.45, 2.75) is 20.3 Å². The summed E-state index contributed by atoms with van der Waals surface area (Å²) in [5, 5.41) is 9.09. The molecule has 0 unspecified atom stereocenters. The van der Waals surface area contributed by atoms with Crippen LogP contribution >= 0.6 is 22.9 Å². The molecule has 22 heavy (non-hydrogen) atoms. The Morgan fingerprint density at radius 1 is 1.41 bits per heavy atom. The molecule has 2 aromatic heterocycles. The molecule has 0 aliphatic carbocycles. The number of hydrogen-bond donors (Lipinski definition) is 1. The number of carbonyl (C=O) groups is 1. The second-order valence-corrected chi connectivity index (χ2v) is 6.47. The van der Waals surface area contributed by atoms with Gasteiger partial charge in [-0.2, -0.15) is 5.10 Å². The van der Waals surface area contributed by atoms with Crippen molar-refractivity contribution in [1.29, 1.82) is 0 Å². The Morgan fingerprint density at radius 3 is 2.91 bits per heavy atom. The van der Waals surface area contributed by atoms with Gasteiger partial charge in [-0.25, -0.2) is 4.68 Å². The number of nitrogens with zero attached hydrogens (tertiary/aromatic N) is 2. The van der Waals surface area contributed by atoms with Gasteiger partial charge in [0.15, 0.2) is 0 Å². The molecule has 4 nitrogen and oxygen atoms in total. The van der Waals surface area contributed by atoms with Crippen LogP contribution in [0.5, 0.6) is 0 Å². The first-order valence-corrected chi connectivity index (χ1v) is 8.33. The number of benzene rings is 1. The number of fused-ring (bicyclic) bond motifs is 1. The van der Waals surface area contributed by atoms with Crippen LogP contribution in [0, 0.1) is 6.92 Å². The third kappa shape index (κ3) is 2.62. The summed E-state index contributed by atoms with van der Waals surface area (Å²) in [5.74, 6) is -0.0341. The zero-order chi connectivity index (χ0) is 15.7. The van der Waals surface area contributed by atoms with Crippen molar-refractivity contribution in [2.24, 2.45) is 0 Å². The molecule has 0 radical (unpaired) electrons. The predicted octanol–water partition coefficient (Wildman–Crippen LogP) is 4.19. The van der Waals surface area contributed by atoms with Crippen LogP contribution in [0.15, 0.2) is 30.3 Å². The average molecular weight is 334 g/mol. The van der Waals surface area contributed by atoms with Gasteiger partial charge >= 0.3 is 0 Å². The number of nitrogens with one attached hydrogen (secondary N) is 1. The highest BCUT2D eigenvalue weighted by Crippen LogP contribution is 2.32. The Balaban J connectivity index is 2.08. The maximum Gasteiger partial charge on any atom is 0.261 e. The monoisotopic (exact) mass is 333 g/mol. The van der Waals surface area contributed by atoms with Crippen molar-refractivity contribution in [3.8, 4) is 5.69 Å². The summed E-state index contributed by atoms with van der Waals surface area (Å²) in [6.45, 7) is 4.66. The van der Waals surface area contributed by atoms with Crippen LogP contribution in [0.2, 0.25) is 5.02 Å². The van der Waals surface area contributed by atoms with E-state index < -0.39 is 0 Å². The van der Waals surface area contributed by atoms with Gasteiger partial charge in [0.1, 0.15) is 4.83 Å². The predicted molar refractivity (Wildman–Crippen MR) is 91.3 cm³/mol. The minimum atomic E-state index is -0.0341. The van der Waals surface area contributed by atoms with Crippen molar-refractivity contribution >= 4 is 39.1 Å². The van der Waals surface area contributed by atoms with Gasteiger partial charge in [-0.1, -0.05) is 30.7 Å². The van der Waals surface area contributed by atoms with Gasteiger partial charge in [0, 0.05) is 11.9 Å². The third-order valence-corrected chi connectivity index (χ3v) is 4.81. The number of aromatic nitrogens is 2. The van der Waals surface area contributed by atoms with E-state index in [-0.39, 0.29) is 5.91 Å². The fraction of sp³-hybridized carbons (Fsp3) is 0.250. The molecule has 0 bridgehead atoms. The molecule has 0 aliphatic rings. The van der Waals surface area contributed by atoms with E-state index in [1.165, 1.54) is 11.3 Å². The first kappa shape index (κ1) is 15.1. The highest BCUT2D eigenvalue weighted by molar-refractivity contribution is 7.20. The smallest absolute Gasteiger partial charge is 0.261 e. The zero-order valence-corrected chi connectivity index (χ0v) is 14.0. The lowest BCUT2D eigenvalue weighted by Crippen LogP contribution is -2.22. The highest BCUT2D eigenvalue weighted by Gasteiger charge is 2.17. The van der Waals surface area contributed by atoms with Gasteiger partial charge < -0.3 is 5.32 Å². The van der Waals surface area contributed by atoms with Crippen LogP contribution in [0.3, 0.4) is 0 Å². The van der Waals surface area contributed by atoms with Gasteiger partial charge in [-0.05, 0) is 31.5 Å². The summed E-state index contributed by atoms with van der Waals surface area (Å²) in [7, 11) is 0. The Hall–Kier alpha value is -1.85. The minimum Gasteiger partial charge on any atom is -0.351 e. The molecule has 3 aromatic rings. The van der Waals surface area contributed by atoms with E-state index in [9.17, 15) is 4.79 Å². The fourth-order valence-electron chi connectivity index (χ4n) is 2.27. The summed E-state index contributed by atoms with van der Waals surface area (Å²) < 4.78 is 1.81. The largest absolute Gasteiger partial charge is 0.351 e. The molecule has 0 fully saturated rings. The van der Waals surface area contributed by atoms with Crippen molar-refractivity contribution in [3.63, 3.8) is 0 Å². The quantitative estimate of drug-likeness (QED) is 0.778. The summed E-state index contributed by atoms with van der Waals surface area (Å²) in [4.78, 5) is 13.8. The van der Waals surface area contributed by atoms with E-state index in [2.05, 4.69) is 10.4 Å². The number of amides is 1. The number of hydrogen-bond acceptors (Lipinski definition) is 3. The molecule has 0 atom stereocenters. The Morgan fingerprint density at radius 2 is 2.18 bits per heavy atom. The first-order valence-electron chi connectivity index (χ1n) is 7.14. The minimum absolute atomic E-state index is 0.0341. The maximum atomic E-state index is 12.1. The second-order valence-electron chi connectivity index (χ2n) is 5.03. The molecule has 3 rings (SSSR count). The van der Waals surface area contributed by atoms with Gasteiger partial charge in [0.05, 0.1) is 21.3 Å². The van der Waals surface area contributed by atoms with Crippen LogP contribution in [-0.2, 0) is 0 Å². The average Bonchev–Trinajstić information content (AvgIpc) is 3.07. The molecule has 1 aromatic carbocycles. The molecule has 0 saturated heterocycles. The molecule has 1 N–H and O–H groups in total. The van der Waals surface area contributed by atoms with Crippen LogP contribution in [-0.4, -0.2) is 22.2 Å². The van der Waals surface area contributed by atoms with Crippen molar-refractivity contribution < 1.29 is 4.79 Å². The number of halogens is 1. The third-order valence-electron chi connectivity index (χ3n) is 3.38. The number of thiophene rings is 1. The highest BCUT2D eigenvalue weighted by atomic mass is 35.5. The van der Waals surface area contributed by atoms with Crippen LogP contribution in [0.25, 0.3) is 15.9 Å². The van der Waals surface area contributed by atoms with Gasteiger partial charge in [0.2, 0.25) is 0 Å². The standard InChI is InChI=1S/C16H16ClN3OS/c1-3-8-18-15(21)14-9-11-10(2)19-20(16(11)22-14)13-7-5-4-6-12(13)17/h4-7,9H,3,8H2,1-2H3,(H,18,21). The summed E-state index contributed by atoms with van der Waals surface area (Å²) in [6, 6.07) is 9.47. The molecule has 114 valence electrons. The molecule has 6 heteroatoms. The zero-order valence-electron chi connectivity index (χ0n) is 12.4. The SMILES string of the molecule is CCCNC(=O)c1cc2c(C)nn(-c3ccccc3Cl)c2s1. The number of rotatable bonds is 4. The molecule has 2 heterocycles. The van der Waals surface area contributed by atoms with Crippen LogP contribution in [0.1, 0.15) is 28.7 Å². The van der Waals surface area contributed by atoms with E-state index in [1.54, 1.807) is 0 Å². The van der Waals surface area contributed by atoms with Crippen LogP contribution in [0.4, 0.5) is 0 Å². The Kier molecular flexibility index (Phi) is 4.18. The van der Waals surface area contributed by atoms with Crippen molar-refractivity contribution in [2.75, 3.05) is 6.54 Å². The summed E-state index contributed by atoms with van der Waals surface area (Å²) in [6.07, 6.45) is 0.920. The molecule has 1 amide bonds. The van der Waals surface area contributed by atoms with Gasteiger partial charge in [0.25, 0.3) is 5.91 Å². The second kappa shape index (κ2) is 6.10. The molecule has 0 aliphatic heterocycles. The van der Waals surface area contributed by atoms with E-state index in [1.807, 2.05) is 48.9 Å². The summed E-state index contributed by atoms with van der Waals surface area (Å²) in [5.41, 5.74) is 1.71. The molecule has 0 spiro atoms. The number of aryl methyl sites for hydroxylation is 1. The van der Waals surface area contributed by atoms with Gasteiger partial charge in [-0.15, -0.1) is 11.3 Å². The van der Waals surface area contributed by atoms with Gasteiger partial charge in [-0.3, -0.25) is 4.79 Å². The van der Waals surface area contributed by atoms with E-state index >= 15 is 0 Å². The van der Waals surface area contributed by atoms with Crippen LogP contribution < -0.4 is 5.32 Å². The lowest BCUT2D eigenvalue weighted by atomic mass is 10.3. The van der Waals surface area contributed by atoms with E-state index in [0.717, 1.165) is 28.0 Å². The molecule has 0 saturated carbocycles. The lowest BCUT2D eigenvalue weighted by molar-refractivity contribution is 0.0958. The number of para-hydroxylation sites is 1. The normalized spacial score (nSPS) is 11.0. The maximum absolute atomic E-state index is 12.1. The van der Waals surface area contributed by atoms with Crippen molar-refractivity contribution in [3.05, 3.63) is 45.9 Å². The first-order chi connectivity index (χ1) is 10.6. The Labute approximate surface area is 137 Å². The lowest BCUT2D eigenvalue weighted by Gasteiger charge is -2.04. The number of carbonyl (C=O) groups excluding carboxylic acids is 1. The van der Waals surface area contributed by atoms with E-state index in [0.29, 0.717) is 16.4 Å². The van der Waals surface area contributed by atoms with E-state index in [4.69, 9.17) is 11.6 Å². The topological polar surface area (TPSA) is 46.9 Å². The summed E-state index contributed by atoms with van der Waals surface area (Å²) >= 11 is 7.71. The molecular formula is C16H16ClN3OS. The molecular weight excluding hydrogens is 318 g/mol.